The van der Waals surface area contributed by atoms with Gasteiger partial charge in [0.1, 0.15) is 5.03 Å². The van der Waals surface area contributed by atoms with Crippen LogP contribution in [0.4, 0.5) is 0 Å². The molecule has 0 bridgehead atoms. The topological polar surface area (TPSA) is 62.7 Å². The van der Waals surface area contributed by atoms with Crippen molar-refractivity contribution in [3.63, 3.8) is 0 Å². The van der Waals surface area contributed by atoms with E-state index in [-0.39, 0.29) is 29.9 Å². The smallest absolute Gasteiger partial charge is 0.256 e. The molecule has 164 valence electrons. The Morgan fingerprint density at radius 1 is 0.968 bits per heavy atom. The summed E-state index contributed by atoms with van der Waals surface area (Å²) in [5, 5.41) is 0.716. The summed E-state index contributed by atoms with van der Waals surface area (Å²) in [5.74, 6) is 0.176. The van der Waals surface area contributed by atoms with Crippen molar-refractivity contribution in [3.8, 4) is 0 Å². The van der Waals surface area contributed by atoms with Gasteiger partial charge in [-0.2, -0.15) is 0 Å². The number of carbonyl (C=O) groups is 2. The molecule has 1 aromatic heterocycles. The van der Waals surface area contributed by atoms with Crippen molar-refractivity contribution in [3.05, 3.63) is 54.2 Å². The molecule has 4 rings (SSSR count). The van der Waals surface area contributed by atoms with Crippen molar-refractivity contribution in [2.24, 2.45) is 5.92 Å². The molecule has 2 unspecified atom stereocenters. The molecule has 2 aliphatic heterocycles. The number of aromatic nitrogens is 1. The maximum absolute atomic E-state index is 13.2. The highest BCUT2D eigenvalue weighted by Crippen LogP contribution is 2.30. The Morgan fingerprint density at radius 3 is 2.32 bits per heavy atom. The normalized spacial score (nSPS) is 22.4. The van der Waals surface area contributed by atoms with Crippen LogP contribution < -0.4 is 0 Å². The number of pyridine rings is 1. The average molecular weight is 440 g/mol. The van der Waals surface area contributed by atoms with Crippen LogP contribution >= 0.6 is 11.8 Å². The Labute approximate surface area is 188 Å². The number of amides is 2. The van der Waals surface area contributed by atoms with Crippen LogP contribution in [0.3, 0.4) is 0 Å². The van der Waals surface area contributed by atoms with Crippen molar-refractivity contribution in [2.75, 3.05) is 26.2 Å². The van der Waals surface area contributed by atoms with Crippen LogP contribution in [0.15, 0.2) is 58.6 Å². The number of hydrogen-bond acceptors (Lipinski definition) is 5. The number of ether oxygens (including phenoxy) is 1. The van der Waals surface area contributed by atoms with Crippen molar-refractivity contribution in [2.45, 2.75) is 48.8 Å². The number of hydrogen-bond donors (Lipinski definition) is 0. The first kappa shape index (κ1) is 21.8. The minimum absolute atomic E-state index is 0.00829. The Kier molecular flexibility index (Phi) is 6.92. The van der Waals surface area contributed by atoms with Crippen LogP contribution in [0.1, 0.15) is 37.0 Å². The molecule has 0 spiro atoms. The quantitative estimate of drug-likeness (QED) is 0.727. The van der Waals surface area contributed by atoms with Crippen LogP contribution in [0, 0.1) is 5.92 Å². The summed E-state index contributed by atoms with van der Waals surface area (Å²) in [6.07, 6.45) is 3.26. The fourth-order valence-corrected chi connectivity index (χ4v) is 5.25. The van der Waals surface area contributed by atoms with Crippen molar-refractivity contribution < 1.29 is 14.3 Å². The highest BCUT2D eigenvalue weighted by molar-refractivity contribution is 7.99. The monoisotopic (exact) mass is 439 g/mol. The summed E-state index contributed by atoms with van der Waals surface area (Å²) < 4.78 is 5.75. The predicted octanol–water partition coefficient (Wildman–Crippen LogP) is 3.72. The first-order valence-electron chi connectivity index (χ1n) is 10.9. The second-order valence-corrected chi connectivity index (χ2v) is 9.40. The van der Waals surface area contributed by atoms with Gasteiger partial charge in [-0.1, -0.05) is 30.0 Å². The van der Waals surface area contributed by atoms with Gasteiger partial charge in [0, 0.05) is 43.2 Å². The lowest BCUT2D eigenvalue weighted by Gasteiger charge is -2.39. The van der Waals surface area contributed by atoms with Crippen LogP contribution in [0.25, 0.3) is 0 Å². The van der Waals surface area contributed by atoms with Crippen LogP contribution in [0.5, 0.6) is 0 Å². The summed E-state index contributed by atoms with van der Waals surface area (Å²) in [6.45, 7) is 6.51. The highest BCUT2D eigenvalue weighted by atomic mass is 32.2. The molecule has 0 N–H and O–H groups in total. The van der Waals surface area contributed by atoms with Crippen LogP contribution in [-0.2, 0) is 9.53 Å². The standard InChI is InChI=1S/C24H29N3O3S/c1-17-15-27(16-18(2)30-17)23(28)19-10-13-26(14-11-19)24(29)21-9-6-12-25-22(21)31-20-7-4-3-5-8-20/h3-9,12,17-19H,10-11,13-16H2,1-2H3. The molecule has 2 atom stereocenters. The van der Waals surface area contributed by atoms with Gasteiger partial charge in [-0.25, -0.2) is 4.98 Å². The van der Waals surface area contributed by atoms with Gasteiger partial charge < -0.3 is 14.5 Å². The number of rotatable bonds is 4. The summed E-state index contributed by atoms with van der Waals surface area (Å²) in [7, 11) is 0. The summed E-state index contributed by atoms with van der Waals surface area (Å²) >= 11 is 1.50. The van der Waals surface area contributed by atoms with Crippen LogP contribution in [0.2, 0.25) is 0 Å². The Hall–Kier alpha value is -2.38. The van der Waals surface area contributed by atoms with E-state index >= 15 is 0 Å². The van der Waals surface area contributed by atoms with Gasteiger partial charge in [0.15, 0.2) is 0 Å². The fourth-order valence-electron chi connectivity index (χ4n) is 4.35. The molecule has 2 aliphatic rings. The zero-order chi connectivity index (χ0) is 21.8. The van der Waals surface area contributed by atoms with E-state index in [2.05, 4.69) is 4.98 Å². The number of nitrogens with zero attached hydrogens (tertiary/aromatic N) is 3. The van der Waals surface area contributed by atoms with E-state index in [0.717, 1.165) is 4.90 Å². The first-order chi connectivity index (χ1) is 15.0. The van der Waals surface area contributed by atoms with E-state index in [1.54, 1.807) is 12.3 Å². The lowest BCUT2D eigenvalue weighted by atomic mass is 9.94. The summed E-state index contributed by atoms with van der Waals surface area (Å²) in [4.78, 5) is 35.5. The van der Waals surface area contributed by atoms with E-state index in [1.165, 1.54) is 11.8 Å². The fraction of sp³-hybridized carbons (Fsp3) is 0.458. The van der Waals surface area contributed by atoms with Gasteiger partial charge in [0.05, 0.1) is 17.8 Å². The molecule has 7 heteroatoms. The molecular formula is C24H29N3O3S. The maximum atomic E-state index is 13.2. The third-order valence-electron chi connectivity index (χ3n) is 5.82. The largest absolute Gasteiger partial charge is 0.372 e. The van der Waals surface area contributed by atoms with Gasteiger partial charge in [-0.15, -0.1) is 0 Å². The lowest BCUT2D eigenvalue weighted by Crippen LogP contribution is -2.51. The number of piperidine rings is 1. The molecule has 6 nitrogen and oxygen atoms in total. The van der Waals surface area contributed by atoms with E-state index < -0.39 is 0 Å². The van der Waals surface area contributed by atoms with E-state index in [9.17, 15) is 9.59 Å². The van der Waals surface area contributed by atoms with Gasteiger partial charge in [-0.05, 0) is 51.0 Å². The molecule has 2 amide bonds. The molecule has 0 saturated carbocycles. The van der Waals surface area contributed by atoms with Crippen molar-refractivity contribution in [1.82, 2.24) is 14.8 Å². The SMILES string of the molecule is CC1CN(C(=O)C2CCN(C(=O)c3cccnc3Sc3ccccc3)CC2)CC(C)O1. The number of morpholine rings is 1. The van der Waals surface area contributed by atoms with Crippen molar-refractivity contribution >= 4 is 23.6 Å². The van der Waals surface area contributed by atoms with Crippen LogP contribution in [-0.4, -0.2) is 65.0 Å². The molecular weight excluding hydrogens is 410 g/mol. The second kappa shape index (κ2) is 9.83. The van der Waals surface area contributed by atoms with E-state index in [4.69, 9.17) is 4.74 Å². The van der Waals surface area contributed by atoms with E-state index in [0.29, 0.717) is 49.6 Å². The molecule has 1 aromatic carbocycles. The first-order valence-corrected chi connectivity index (χ1v) is 11.7. The number of carbonyl (C=O) groups excluding carboxylic acids is 2. The third-order valence-corrected chi connectivity index (χ3v) is 6.85. The minimum Gasteiger partial charge on any atom is -0.372 e. The van der Waals surface area contributed by atoms with E-state index in [1.807, 2.05) is 60.0 Å². The zero-order valence-electron chi connectivity index (χ0n) is 18.1. The highest BCUT2D eigenvalue weighted by Gasteiger charge is 2.34. The molecule has 0 aliphatic carbocycles. The maximum Gasteiger partial charge on any atom is 0.256 e. The summed E-state index contributed by atoms with van der Waals surface area (Å²) in [5.41, 5.74) is 0.622. The predicted molar refractivity (Wildman–Crippen MR) is 120 cm³/mol. The zero-order valence-corrected chi connectivity index (χ0v) is 18.9. The van der Waals surface area contributed by atoms with Gasteiger partial charge in [0.25, 0.3) is 5.91 Å². The Balaban J connectivity index is 1.38. The average Bonchev–Trinajstić information content (AvgIpc) is 2.79. The number of likely N-dealkylation sites (tertiary alicyclic amines) is 1. The summed E-state index contributed by atoms with van der Waals surface area (Å²) in [6, 6.07) is 13.6. The number of benzene rings is 1. The van der Waals surface area contributed by atoms with Gasteiger partial charge >= 0.3 is 0 Å². The Morgan fingerprint density at radius 2 is 1.65 bits per heavy atom. The third kappa shape index (κ3) is 5.28. The molecule has 31 heavy (non-hydrogen) atoms. The molecule has 3 heterocycles. The molecule has 2 saturated heterocycles. The second-order valence-electron chi connectivity index (χ2n) is 8.34. The minimum atomic E-state index is -0.0198. The Bertz CT molecular complexity index is 905. The molecule has 0 radical (unpaired) electrons. The van der Waals surface area contributed by atoms with Crippen molar-refractivity contribution in [1.29, 1.82) is 0 Å². The van der Waals surface area contributed by atoms with Gasteiger partial charge in [-0.3, -0.25) is 9.59 Å². The molecule has 2 aromatic rings. The molecule has 2 fully saturated rings. The van der Waals surface area contributed by atoms with Gasteiger partial charge in [0.2, 0.25) is 5.91 Å². The lowest BCUT2D eigenvalue weighted by molar-refractivity contribution is -0.148.